The van der Waals surface area contributed by atoms with E-state index >= 15 is 0 Å². The Morgan fingerprint density at radius 2 is 2.10 bits per heavy atom. The van der Waals surface area contributed by atoms with E-state index in [9.17, 15) is 9.18 Å². The number of Topliss-reactive ketones (excluding diaryl/α,β-unsaturated/α-hetero) is 1. The molecule has 2 N–H and O–H groups in total. The number of benzene rings is 1. The summed E-state index contributed by atoms with van der Waals surface area (Å²) in [4.78, 5) is 16.8. The first-order chi connectivity index (χ1) is 15.1. The Hall–Kier alpha value is -2.06. The van der Waals surface area contributed by atoms with Crippen LogP contribution in [0, 0.1) is 11.7 Å². The Morgan fingerprint density at radius 3 is 2.87 bits per heavy atom. The highest BCUT2D eigenvalue weighted by molar-refractivity contribution is 6.33. The summed E-state index contributed by atoms with van der Waals surface area (Å²) in [5.74, 6) is 0.139. The van der Waals surface area contributed by atoms with Crippen molar-refractivity contribution in [3.63, 3.8) is 0 Å². The van der Waals surface area contributed by atoms with Crippen molar-refractivity contribution >= 4 is 23.1 Å². The molecule has 2 fully saturated rings. The molecule has 1 aromatic heterocycles. The van der Waals surface area contributed by atoms with Crippen LogP contribution in [0.5, 0.6) is 0 Å². The highest BCUT2D eigenvalue weighted by Gasteiger charge is 2.22. The Kier molecular flexibility index (Phi) is 7.50. The largest absolute Gasteiger partial charge is 0.382 e. The first kappa shape index (κ1) is 22.1. The maximum atomic E-state index is 14.4. The van der Waals surface area contributed by atoms with Gasteiger partial charge in [0.15, 0.2) is 5.78 Å². The van der Waals surface area contributed by atoms with Gasteiger partial charge in [0, 0.05) is 50.3 Å². The van der Waals surface area contributed by atoms with Gasteiger partial charge in [-0.25, -0.2) is 4.39 Å². The quantitative estimate of drug-likeness (QED) is 0.677. The molecule has 2 aliphatic heterocycles. The molecule has 0 aliphatic carbocycles. The number of hydrogen-bond donors (Lipinski definition) is 2. The second kappa shape index (κ2) is 10.5. The monoisotopic (exact) mass is 447 g/mol. The van der Waals surface area contributed by atoms with Gasteiger partial charge in [0.05, 0.1) is 23.7 Å². The van der Waals surface area contributed by atoms with Gasteiger partial charge in [-0.1, -0.05) is 17.7 Å². The average Bonchev–Trinajstić information content (AvgIpc) is 2.81. The summed E-state index contributed by atoms with van der Waals surface area (Å²) in [6.45, 7) is 4.00. The van der Waals surface area contributed by atoms with Crippen LogP contribution in [0.4, 0.5) is 10.1 Å². The lowest BCUT2D eigenvalue weighted by atomic mass is 9.99. The van der Waals surface area contributed by atoms with Crippen LogP contribution in [0.15, 0.2) is 30.5 Å². The Bertz CT molecular complexity index is 915. The summed E-state index contributed by atoms with van der Waals surface area (Å²) in [5.41, 5.74) is 2.54. The normalized spacial score (nSPS) is 19.9. The van der Waals surface area contributed by atoms with Crippen molar-refractivity contribution < 1.29 is 18.7 Å². The Balaban J connectivity index is 1.48. The van der Waals surface area contributed by atoms with Crippen LogP contribution in [0.25, 0.3) is 11.1 Å². The first-order valence-corrected chi connectivity index (χ1v) is 11.1. The number of aromatic nitrogens is 1. The third kappa shape index (κ3) is 5.80. The number of nitrogens with one attached hydrogen (secondary N) is 2. The van der Waals surface area contributed by atoms with E-state index < -0.39 is 6.10 Å². The van der Waals surface area contributed by atoms with Crippen molar-refractivity contribution in [3.8, 4) is 11.1 Å². The number of nitrogens with zero attached hydrogens (tertiary/aromatic N) is 1. The zero-order valence-corrected chi connectivity index (χ0v) is 18.1. The van der Waals surface area contributed by atoms with E-state index in [1.807, 2.05) is 0 Å². The van der Waals surface area contributed by atoms with Gasteiger partial charge in [0.2, 0.25) is 0 Å². The fraction of sp³-hybridized carbons (Fsp3) is 0.478. The highest BCUT2D eigenvalue weighted by Crippen LogP contribution is 2.31. The van der Waals surface area contributed by atoms with E-state index in [0.717, 1.165) is 43.7 Å². The summed E-state index contributed by atoms with van der Waals surface area (Å²) < 4.78 is 25.3. The Labute approximate surface area is 186 Å². The molecule has 0 radical (unpaired) electrons. The third-order valence-corrected chi connectivity index (χ3v) is 6.05. The molecule has 2 aromatic rings. The fourth-order valence-corrected chi connectivity index (χ4v) is 4.11. The number of anilines is 1. The minimum absolute atomic E-state index is 0.0223. The van der Waals surface area contributed by atoms with Crippen molar-refractivity contribution in [1.29, 1.82) is 0 Å². The van der Waals surface area contributed by atoms with Crippen molar-refractivity contribution in [3.05, 3.63) is 47.0 Å². The molecular formula is C23H27ClFN3O3. The van der Waals surface area contributed by atoms with E-state index in [-0.39, 0.29) is 18.0 Å². The molecule has 8 heteroatoms. The number of halogens is 2. The molecule has 0 spiro atoms. The number of pyridine rings is 1. The number of ketones is 1. The predicted molar refractivity (Wildman–Crippen MR) is 118 cm³/mol. The van der Waals surface area contributed by atoms with Gasteiger partial charge >= 0.3 is 0 Å². The number of ether oxygens (including phenoxy) is 2. The van der Waals surface area contributed by atoms with Crippen LogP contribution < -0.4 is 10.6 Å². The second-order valence-electron chi connectivity index (χ2n) is 7.99. The lowest BCUT2D eigenvalue weighted by Gasteiger charge is -2.23. The summed E-state index contributed by atoms with van der Waals surface area (Å²) in [7, 11) is 0. The summed E-state index contributed by atoms with van der Waals surface area (Å²) in [5, 5.41) is 6.85. The standard InChI is InChI=1S/C23H27ClFN3O3/c24-19-13-27-17(11-22(29)23-14-26-5-8-31-23)10-18(19)16-1-2-20(25)21(9-16)28-12-15-3-6-30-7-4-15/h1-2,9-10,13,15,23,26,28H,3-8,11-12,14H2/t23-/m1/s1. The number of carbonyl (C=O) groups is 1. The van der Waals surface area contributed by atoms with Gasteiger partial charge in [-0.3, -0.25) is 9.78 Å². The van der Waals surface area contributed by atoms with Crippen LogP contribution in [0.3, 0.4) is 0 Å². The van der Waals surface area contributed by atoms with Gasteiger partial charge in [0.1, 0.15) is 11.9 Å². The topological polar surface area (TPSA) is 72.5 Å². The number of morpholine rings is 1. The van der Waals surface area contributed by atoms with E-state index in [2.05, 4.69) is 15.6 Å². The molecule has 0 bridgehead atoms. The molecule has 0 saturated carbocycles. The molecule has 1 aromatic carbocycles. The maximum absolute atomic E-state index is 14.4. The molecule has 0 amide bonds. The van der Waals surface area contributed by atoms with Crippen molar-refractivity contribution in [2.45, 2.75) is 25.4 Å². The van der Waals surface area contributed by atoms with E-state index in [1.165, 1.54) is 12.3 Å². The molecule has 2 saturated heterocycles. The lowest BCUT2D eigenvalue weighted by Crippen LogP contribution is -2.43. The molecule has 1 atom stereocenters. The van der Waals surface area contributed by atoms with Crippen LogP contribution in [-0.4, -0.2) is 56.3 Å². The minimum atomic E-state index is -0.457. The van der Waals surface area contributed by atoms with Gasteiger partial charge in [0.25, 0.3) is 0 Å². The smallest absolute Gasteiger partial charge is 0.168 e. The minimum Gasteiger partial charge on any atom is -0.382 e. The molecule has 2 aliphatic rings. The maximum Gasteiger partial charge on any atom is 0.168 e. The third-order valence-electron chi connectivity index (χ3n) is 5.75. The van der Waals surface area contributed by atoms with Gasteiger partial charge in [-0.15, -0.1) is 0 Å². The Morgan fingerprint density at radius 1 is 1.26 bits per heavy atom. The summed E-state index contributed by atoms with van der Waals surface area (Å²) >= 11 is 6.40. The highest BCUT2D eigenvalue weighted by atomic mass is 35.5. The van der Waals surface area contributed by atoms with Gasteiger partial charge in [-0.2, -0.15) is 0 Å². The molecule has 3 heterocycles. The predicted octanol–water partition coefficient (Wildman–Crippen LogP) is 3.48. The van der Waals surface area contributed by atoms with Crippen LogP contribution in [0.1, 0.15) is 18.5 Å². The van der Waals surface area contributed by atoms with E-state index in [1.54, 1.807) is 18.2 Å². The fourth-order valence-electron chi connectivity index (χ4n) is 3.90. The average molecular weight is 448 g/mol. The summed E-state index contributed by atoms with van der Waals surface area (Å²) in [6, 6.07) is 6.68. The summed E-state index contributed by atoms with van der Waals surface area (Å²) in [6.07, 6.45) is 3.19. The molecule has 31 heavy (non-hydrogen) atoms. The molecule has 0 unspecified atom stereocenters. The number of hydrogen-bond acceptors (Lipinski definition) is 6. The van der Waals surface area contributed by atoms with Crippen LogP contribution in [-0.2, 0) is 20.7 Å². The molecule has 4 rings (SSSR count). The lowest BCUT2D eigenvalue weighted by molar-refractivity contribution is -0.131. The van der Waals surface area contributed by atoms with Gasteiger partial charge in [-0.05, 0) is 42.5 Å². The zero-order valence-electron chi connectivity index (χ0n) is 17.3. The molecular weight excluding hydrogens is 421 g/mol. The van der Waals surface area contributed by atoms with Crippen molar-refractivity contribution in [2.75, 3.05) is 44.8 Å². The van der Waals surface area contributed by atoms with Crippen LogP contribution >= 0.6 is 11.6 Å². The second-order valence-corrected chi connectivity index (χ2v) is 8.40. The van der Waals surface area contributed by atoms with Crippen LogP contribution in [0.2, 0.25) is 5.02 Å². The molecule has 6 nitrogen and oxygen atoms in total. The zero-order chi connectivity index (χ0) is 21.6. The van der Waals surface area contributed by atoms with Crippen molar-refractivity contribution in [2.24, 2.45) is 5.92 Å². The number of carbonyl (C=O) groups excluding carboxylic acids is 1. The van der Waals surface area contributed by atoms with Gasteiger partial charge < -0.3 is 20.1 Å². The van der Waals surface area contributed by atoms with E-state index in [4.69, 9.17) is 21.1 Å². The first-order valence-electron chi connectivity index (χ1n) is 10.7. The SMILES string of the molecule is O=C(Cc1cc(-c2ccc(F)c(NCC3CCOCC3)c2)c(Cl)cn1)[C@H]1CNCCO1. The van der Waals surface area contributed by atoms with Crippen molar-refractivity contribution in [1.82, 2.24) is 10.3 Å². The van der Waals surface area contributed by atoms with E-state index in [0.29, 0.717) is 42.0 Å². The molecule has 166 valence electrons. The number of rotatable bonds is 7.